The van der Waals surface area contributed by atoms with Crippen LogP contribution in [0.15, 0.2) is 24.8 Å². The van der Waals surface area contributed by atoms with Gasteiger partial charge in [0.1, 0.15) is 5.82 Å². The van der Waals surface area contributed by atoms with Crippen LogP contribution >= 0.6 is 0 Å². The second kappa shape index (κ2) is 3.81. The average Bonchev–Trinajstić information content (AvgIpc) is 2.64. The van der Waals surface area contributed by atoms with E-state index in [9.17, 15) is 0 Å². The fraction of sp³-hybridized carbons (Fsp3) is 0.364. The highest BCUT2D eigenvalue weighted by molar-refractivity contribution is 5.22. The van der Waals surface area contributed by atoms with Crippen LogP contribution in [-0.2, 0) is 0 Å². The van der Waals surface area contributed by atoms with Crippen molar-refractivity contribution in [2.24, 2.45) is 0 Å². The number of rotatable bonds is 2. The predicted octanol–water partition coefficient (Wildman–Crippen LogP) is 2.09. The molecule has 0 aromatic carbocycles. The topological polar surface area (TPSA) is 43.6 Å². The second-order valence-corrected chi connectivity index (χ2v) is 3.80. The van der Waals surface area contributed by atoms with Gasteiger partial charge in [-0.25, -0.2) is 9.97 Å². The van der Waals surface area contributed by atoms with Crippen molar-refractivity contribution in [3.05, 3.63) is 36.3 Å². The lowest BCUT2D eigenvalue weighted by atomic mass is 10.1. The minimum Gasteiger partial charge on any atom is -0.287 e. The molecule has 0 radical (unpaired) electrons. The third-order valence-corrected chi connectivity index (χ3v) is 2.30. The summed E-state index contributed by atoms with van der Waals surface area (Å²) < 4.78 is 1.93. The van der Waals surface area contributed by atoms with Crippen LogP contribution in [0.1, 0.15) is 31.3 Å². The number of hydrogen-bond acceptors (Lipinski definition) is 3. The van der Waals surface area contributed by atoms with Crippen molar-refractivity contribution in [3.8, 4) is 5.82 Å². The molecule has 4 heteroatoms. The van der Waals surface area contributed by atoms with E-state index in [1.807, 2.05) is 17.7 Å². The van der Waals surface area contributed by atoms with Gasteiger partial charge < -0.3 is 0 Å². The van der Waals surface area contributed by atoms with E-state index >= 15 is 0 Å². The van der Waals surface area contributed by atoms with E-state index < -0.39 is 0 Å². The van der Waals surface area contributed by atoms with Crippen molar-refractivity contribution in [3.63, 3.8) is 0 Å². The molecule has 0 saturated carbocycles. The van der Waals surface area contributed by atoms with Gasteiger partial charge in [-0.15, -0.1) is 0 Å². The predicted molar refractivity (Wildman–Crippen MR) is 58.0 cm³/mol. The zero-order valence-corrected chi connectivity index (χ0v) is 9.18. The SMILES string of the molecule is Cc1nccn1-c1cncc(C(C)C)n1. The van der Waals surface area contributed by atoms with E-state index in [1.54, 1.807) is 18.6 Å². The monoisotopic (exact) mass is 202 g/mol. The summed E-state index contributed by atoms with van der Waals surface area (Å²) in [5.41, 5.74) is 1.00. The number of imidazole rings is 1. The standard InChI is InChI=1S/C11H14N4/c1-8(2)10-6-12-7-11(14-10)15-5-4-13-9(15)3/h4-8H,1-3H3. The Morgan fingerprint density at radius 3 is 2.67 bits per heavy atom. The average molecular weight is 202 g/mol. The highest BCUT2D eigenvalue weighted by Gasteiger charge is 2.05. The highest BCUT2D eigenvalue weighted by atomic mass is 15.1. The molecule has 0 bridgehead atoms. The maximum absolute atomic E-state index is 4.54. The van der Waals surface area contributed by atoms with Crippen LogP contribution in [0.25, 0.3) is 5.82 Å². The number of nitrogens with zero attached hydrogens (tertiary/aromatic N) is 4. The smallest absolute Gasteiger partial charge is 0.156 e. The molecule has 0 aliphatic carbocycles. The number of aromatic nitrogens is 4. The highest BCUT2D eigenvalue weighted by Crippen LogP contribution is 2.12. The van der Waals surface area contributed by atoms with E-state index in [0.717, 1.165) is 17.3 Å². The summed E-state index contributed by atoms with van der Waals surface area (Å²) in [6, 6.07) is 0. The van der Waals surface area contributed by atoms with Gasteiger partial charge in [0.25, 0.3) is 0 Å². The number of hydrogen-bond donors (Lipinski definition) is 0. The third-order valence-electron chi connectivity index (χ3n) is 2.30. The molecule has 2 aromatic rings. The molecule has 0 aliphatic heterocycles. The molecule has 15 heavy (non-hydrogen) atoms. The van der Waals surface area contributed by atoms with Crippen LogP contribution in [0.2, 0.25) is 0 Å². The summed E-state index contributed by atoms with van der Waals surface area (Å²) in [6.07, 6.45) is 7.21. The van der Waals surface area contributed by atoms with Crippen LogP contribution in [0.3, 0.4) is 0 Å². The minimum atomic E-state index is 0.390. The Hall–Kier alpha value is -1.71. The van der Waals surface area contributed by atoms with Crippen LogP contribution in [0.4, 0.5) is 0 Å². The lowest BCUT2D eigenvalue weighted by molar-refractivity contribution is 0.791. The normalized spacial score (nSPS) is 10.9. The van der Waals surface area contributed by atoms with Gasteiger partial charge in [0.2, 0.25) is 0 Å². The van der Waals surface area contributed by atoms with Crippen LogP contribution in [0.5, 0.6) is 0 Å². The Kier molecular flexibility index (Phi) is 2.49. The van der Waals surface area contributed by atoms with Gasteiger partial charge >= 0.3 is 0 Å². The van der Waals surface area contributed by atoms with Gasteiger partial charge in [0, 0.05) is 18.6 Å². The van der Waals surface area contributed by atoms with E-state index in [1.165, 1.54) is 0 Å². The molecule has 2 rings (SSSR count). The zero-order valence-electron chi connectivity index (χ0n) is 9.18. The summed E-state index contributed by atoms with van der Waals surface area (Å²) in [5, 5.41) is 0. The van der Waals surface area contributed by atoms with Crippen molar-refractivity contribution < 1.29 is 0 Å². The molecule has 78 valence electrons. The first-order chi connectivity index (χ1) is 7.18. The maximum Gasteiger partial charge on any atom is 0.156 e. The Bertz CT molecular complexity index is 459. The fourth-order valence-electron chi connectivity index (χ4n) is 1.38. The van der Waals surface area contributed by atoms with E-state index in [4.69, 9.17) is 0 Å². The minimum absolute atomic E-state index is 0.390. The Labute approximate surface area is 89.0 Å². The Balaban J connectivity index is 2.46. The summed E-state index contributed by atoms with van der Waals surface area (Å²) in [5.74, 6) is 2.14. The van der Waals surface area contributed by atoms with E-state index in [0.29, 0.717) is 5.92 Å². The van der Waals surface area contributed by atoms with Crippen LogP contribution < -0.4 is 0 Å². The van der Waals surface area contributed by atoms with E-state index in [2.05, 4.69) is 28.8 Å². The molecule has 2 heterocycles. The molecule has 0 atom stereocenters. The molecule has 0 spiro atoms. The summed E-state index contributed by atoms with van der Waals surface area (Å²) in [4.78, 5) is 12.9. The second-order valence-electron chi connectivity index (χ2n) is 3.80. The van der Waals surface area contributed by atoms with Gasteiger partial charge in [0.05, 0.1) is 11.9 Å². The summed E-state index contributed by atoms with van der Waals surface area (Å²) in [6.45, 7) is 6.16. The molecule has 0 aliphatic rings. The molecule has 0 amide bonds. The Morgan fingerprint density at radius 1 is 1.27 bits per heavy atom. The van der Waals surface area contributed by atoms with Gasteiger partial charge in [-0.2, -0.15) is 0 Å². The third kappa shape index (κ3) is 1.88. The largest absolute Gasteiger partial charge is 0.287 e. The molecule has 0 saturated heterocycles. The molecule has 4 nitrogen and oxygen atoms in total. The molecular weight excluding hydrogens is 188 g/mol. The summed E-state index contributed by atoms with van der Waals surface area (Å²) in [7, 11) is 0. The van der Waals surface area contributed by atoms with Gasteiger partial charge in [-0.1, -0.05) is 13.8 Å². The van der Waals surface area contributed by atoms with E-state index in [-0.39, 0.29) is 0 Å². The first-order valence-electron chi connectivity index (χ1n) is 5.00. The van der Waals surface area contributed by atoms with Crippen LogP contribution in [0, 0.1) is 6.92 Å². The lowest BCUT2D eigenvalue weighted by Crippen LogP contribution is -2.03. The molecule has 2 aromatic heterocycles. The number of aryl methyl sites for hydroxylation is 1. The van der Waals surface area contributed by atoms with Crippen molar-refractivity contribution in [1.29, 1.82) is 0 Å². The summed E-state index contributed by atoms with van der Waals surface area (Å²) >= 11 is 0. The lowest BCUT2D eigenvalue weighted by Gasteiger charge is -2.07. The first-order valence-corrected chi connectivity index (χ1v) is 5.00. The van der Waals surface area contributed by atoms with Gasteiger partial charge in [-0.05, 0) is 12.8 Å². The molecule has 0 unspecified atom stereocenters. The molecular formula is C11H14N4. The quantitative estimate of drug-likeness (QED) is 0.749. The molecule has 0 fully saturated rings. The fourth-order valence-corrected chi connectivity index (χ4v) is 1.38. The van der Waals surface area contributed by atoms with Crippen molar-refractivity contribution >= 4 is 0 Å². The Morgan fingerprint density at radius 2 is 2.07 bits per heavy atom. The van der Waals surface area contributed by atoms with Crippen molar-refractivity contribution in [1.82, 2.24) is 19.5 Å². The van der Waals surface area contributed by atoms with Crippen molar-refractivity contribution in [2.45, 2.75) is 26.7 Å². The van der Waals surface area contributed by atoms with Crippen LogP contribution in [-0.4, -0.2) is 19.5 Å². The van der Waals surface area contributed by atoms with Gasteiger partial charge in [-0.3, -0.25) is 9.55 Å². The zero-order chi connectivity index (χ0) is 10.8. The first kappa shape index (κ1) is 9.83. The maximum atomic E-state index is 4.54. The molecule has 0 N–H and O–H groups in total. The van der Waals surface area contributed by atoms with Crippen molar-refractivity contribution in [2.75, 3.05) is 0 Å². The van der Waals surface area contributed by atoms with Gasteiger partial charge in [0.15, 0.2) is 5.82 Å².